The lowest BCUT2D eigenvalue weighted by molar-refractivity contribution is 0.0162. The van der Waals surface area contributed by atoms with Crippen molar-refractivity contribution in [2.75, 3.05) is 14.2 Å². The Balaban J connectivity index is 1.73. The summed E-state index contributed by atoms with van der Waals surface area (Å²) in [6, 6.07) is 14.9. The van der Waals surface area contributed by atoms with Gasteiger partial charge in [0, 0.05) is 45.4 Å². The third-order valence-corrected chi connectivity index (χ3v) is 5.45. The molecular formula is C24H24N2O4. The Hall–Kier alpha value is -3.22. The van der Waals surface area contributed by atoms with Gasteiger partial charge in [-0.25, -0.2) is 0 Å². The molecule has 4 rings (SSSR count). The van der Waals surface area contributed by atoms with Crippen LogP contribution in [0.4, 0.5) is 0 Å². The molecule has 0 spiro atoms. The molecule has 30 heavy (non-hydrogen) atoms. The van der Waals surface area contributed by atoms with E-state index < -0.39 is 12.2 Å². The lowest BCUT2D eigenvalue weighted by atomic mass is 9.94. The van der Waals surface area contributed by atoms with Crippen molar-refractivity contribution in [2.45, 2.75) is 26.1 Å². The number of aliphatic hydroxyl groups excluding tert-OH is 2. The Morgan fingerprint density at radius 2 is 1.07 bits per heavy atom. The van der Waals surface area contributed by atoms with Crippen LogP contribution in [-0.2, 0) is 0 Å². The van der Waals surface area contributed by atoms with E-state index in [1.807, 2.05) is 62.4 Å². The first-order valence-corrected chi connectivity index (χ1v) is 9.68. The van der Waals surface area contributed by atoms with Gasteiger partial charge in [0.2, 0.25) is 0 Å². The zero-order valence-electron chi connectivity index (χ0n) is 17.4. The number of fused-ring (bicyclic) bond motifs is 2. The van der Waals surface area contributed by atoms with Crippen LogP contribution < -0.4 is 9.47 Å². The molecule has 6 heteroatoms. The lowest BCUT2D eigenvalue weighted by Gasteiger charge is -2.22. The second kappa shape index (κ2) is 7.89. The molecule has 2 N–H and O–H groups in total. The number of benzene rings is 2. The van der Waals surface area contributed by atoms with Crippen molar-refractivity contribution in [2.24, 2.45) is 0 Å². The van der Waals surface area contributed by atoms with E-state index in [9.17, 15) is 10.2 Å². The third kappa shape index (κ3) is 3.56. The topological polar surface area (TPSA) is 84.7 Å². The highest BCUT2D eigenvalue weighted by Gasteiger charge is 2.25. The second-order valence-corrected chi connectivity index (χ2v) is 7.33. The molecule has 2 unspecified atom stereocenters. The Morgan fingerprint density at radius 1 is 0.667 bits per heavy atom. The smallest absolute Gasteiger partial charge is 0.121 e. The van der Waals surface area contributed by atoms with Crippen LogP contribution in [0.3, 0.4) is 0 Å². The number of nitrogens with zero attached hydrogens (tertiary/aromatic N) is 2. The molecule has 0 radical (unpaired) electrons. The van der Waals surface area contributed by atoms with Crippen molar-refractivity contribution < 1.29 is 19.7 Å². The first-order valence-electron chi connectivity index (χ1n) is 9.68. The molecule has 0 aliphatic rings. The maximum Gasteiger partial charge on any atom is 0.121 e. The minimum absolute atomic E-state index is 0.578. The number of aliphatic hydroxyl groups is 2. The Morgan fingerprint density at radius 3 is 1.43 bits per heavy atom. The van der Waals surface area contributed by atoms with Crippen molar-refractivity contribution >= 4 is 21.8 Å². The molecule has 2 atom stereocenters. The van der Waals surface area contributed by atoms with Crippen LogP contribution in [0.2, 0.25) is 0 Å². The quantitative estimate of drug-likeness (QED) is 0.519. The van der Waals surface area contributed by atoms with E-state index in [2.05, 4.69) is 9.97 Å². The summed E-state index contributed by atoms with van der Waals surface area (Å²) in [6.45, 7) is 3.64. The minimum atomic E-state index is -1.14. The Kier molecular flexibility index (Phi) is 5.28. The average molecular weight is 404 g/mol. The summed E-state index contributed by atoms with van der Waals surface area (Å²) in [4.78, 5) is 9.18. The van der Waals surface area contributed by atoms with Gasteiger partial charge in [-0.1, -0.05) is 0 Å². The molecule has 0 fully saturated rings. The van der Waals surface area contributed by atoms with Crippen LogP contribution in [0.25, 0.3) is 21.8 Å². The molecule has 4 aromatic rings. The predicted octanol–water partition coefficient (Wildman–Crippen LogP) is 4.18. The van der Waals surface area contributed by atoms with E-state index in [4.69, 9.17) is 9.47 Å². The van der Waals surface area contributed by atoms with Gasteiger partial charge >= 0.3 is 0 Å². The fourth-order valence-electron chi connectivity index (χ4n) is 3.71. The van der Waals surface area contributed by atoms with E-state index in [1.54, 1.807) is 14.2 Å². The highest BCUT2D eigenvalue weighted by Crippen LogP contribution is 2.35. The standard InChI is InChI=1S/C24H24N2O4/c1-13-19(9-15-5-7-17(29-3)11-21(15)25-13)23(27)24(28)20-10-16-6-8-18(30-4)12-22(16)26-14(20)2/h5-12,23-24,27-28H,1-4H3. The van der Waals surface area contributed by atoms with Gasteiger partial charge in [0.15, 0.2) is 0 Å². The maximum atomic E-state index is 11.0. The van der Waals surface area contributed by atoms with Gasteiger partial charge in [-0.2, -0.15) is 0 Å². The normalized spacial score (nSPS) is 13.4. The highest BCUT2D eigenvalue weighted by atomic mass is 16.5. The summed E-state index contributed by atoms with van der Waals surface area (Å²) in [6.07, 6.45) is -2.28. The maximum absolute atomic E-state index is 11.0. The number of aryl methyl sites for hydroxylation is 2. The summed E-state index contributed by atoms with van der Waals surface area (Å²) < 4.78 is 10.5. The zero-order valence-corrected chi connectivity index (χ0v) is 17.4. The molecular weight excluding hydrogens is 380 g/mol. The summed E-state index contributed by atoms with van der Waals surface area (Å²) >= 11 is 0. The van der Waals surface area contributed by atoms with Gasteiger partial charge < -0.3 is 19.7 Å². The highest BCUT2D eigenvalue weighted by molar-refractivity contribution is 5.82. The summed E-state index contributed by atoms with van der Waals surface area (Å²) in [5.74, 6) is 1.44. The molecule has 154 valence electrons. The molecule has 0 saturated heterocycles. The van der Waals surface area contributed by atoms with Crippen LogP contribution in [0.15, 0.2) is 48.5 Å². The summed E-state index contributed by atoms with van der Waals surface area (Å²) in [7, 11) is 3.22. The average Bonchev–Trinajstić information content (AvgIpc) is 2.76. The van der Waals surface area contributed by atoms with Crippen LogP contribution in [0, 0.1) is 13.8 Å². The van der Waals surface area contributed by atoms with Crippen LogP contribution in [0.1, 0.15) is 34.7 Å². The fourth-order valence-corrected chi connectivity index (χ4v) is 3.71. The van der Waals surface area contributed by atoms with Crippen molar-refractivity contribution in [3.63, 3.8) is 0 Å². The van der Waals surface area contributed by atoms with E-state index in [-0.39, 0.29) is 0 Å². The molecule has 2 aromatic heterocycles. The SMILES string of the molecule is COc1ccc2cc(C(O)C(O)c3cc4ccc(OC)cc4nc3C)c(C)nc2c1. The van der Waals surface area contributed by atoms with Crippen LogP contribution in [-0.4, -0.2) is 34.4 Å². The lowest BCUT2D eigenvalue weighted by Crippen LogP contribution is -2.14. The number of aromatic nitrogens is 2. The van der Waals surface area contributed by atoms with E-state index in [1.165, 1.54) is 0 Å². The Bertz CT molecular complexity index is 1140. The van der Waals surface area contributed by atoms with E-state index >= 15 is 0 Å². The van der Waals surface area contributed by atoms with Crippen molar-refractivity contribution in [1.29, 1.82) is 0 Å². The molecule has 0 bridgehead atoms. The van der Waals surface area contributed by atoms with Gasteiger partial charge in [0.1, 0.15) is 23.7 Å². The van der Waals surface area contributed by atoms with Gasteiger partial charge in [0.25, 0.3) is 0 Å². The number of ether oxygens (including phenoxy) is 2. The molecule has 2 heterocycles. The number of rotatable bonds is 5. The van der Waals surface area contributed by atoms with Gasteiger partial charge in [-0.05, 0) is 50.2 Å². The predicted molar refractivity (Wildman–Crippen MR) is 116 cm³/mol. The van der Waals surface area contributed by atoms with Gasteiger partial charge in [0.05, 0.1) is 25.3 Å². The minimum Gasteiger partial charge on any atom is -0.497 e. The molecule has 0 aliphatic carbocycles. The number of methoxy groups -OCH3 is 2. The molecule has 0 amide bonds. The van der Waals surface area contributed by atoms with Crippen LogP contribution in [0.5, 0.6) is 11.5 Å². The van der Waals surface area contributed by atoms with Gasteiger partial charge in [-0.15, -0.1) is 0 Å². The number of hydrogen-bond acceptors (Lipinski definition) is 6. The van der Waals surface area contributed by atoms with Crippen LogP contribution >= 0.6 is 0 Å². The zero-order chi connectivity index (χ0) is 21.4. The fraction of sp³-hybridized carbons (Fsp3) is 0.250. The Labute approximate surface area is 174 Å². The number of pyridine rings is 2. The van der Waals surface area contributed by atoms with Gasteiger partial charge in [-0.3, -0.25) is 9.97 Å². The van der Waals surface area contributed by atoms with E-state index in [0.29, 0.717) is 22.5 Å². The molecule has 0 aliphatic heterocycles. The van der Waals surface area contributed by atoms with E-state index in [0.717, 1.165) is 33.3 Å². The summed E-state index contributed by atoms with van der Waals surface area (Å²) in [5.41, 5.74) is 4.00. The monoisotopic (exact) mass is 404 g/mol. The molecule has 6 nitrogen and oxygen atoms in total. The largest absolute Gasteiger partial charge is 0.497 e. The third-order valence-electron chi connectivity index (χ3n) is 5.45. The van der Waals surface area contributed by atoms with Crippen molar-refractivity contribution in [1.82, 2.24) is 9.97 Å². The first-order chi connectivity index (χ1) is 14.4. The van der Waals surface area contributed by atoms with Crippen molar-refractivity contribution in [3.05, 3.63) is 71.0 Å². The molecule has 0 saturated carbocycles. The first kappa shape index (κ1) is 20.1. The second-order valence-electron chi connectivity index (χ2n) is 7.33. The number of hydrogen-bond donors (Lipinski definition) is 2. The summed E-state index contributed by atoms with van der Waals surface area (Å²) in [5, 5.41) is 23.7. The molecule has 2 aromatic carbocycles. The van der Waals surface area contributed by atoms with Crippen molar-refractivity contribution in [3.8, 4) is 11.5 Å².